The number of carboxylic acid groups (broad SMARTS) is 1. The van der Waals surface area contributed by atoms with Crippen LogP contribution in [0.4, 0.5) is 16.4 Å². The summed E-state index contributed by atoms with van der Waals surface area (Å²) in [5.41, 5.74) is 1.28. The molecule has 4 rings (SSSR count). The van der Waals surface area contributed by atoms with Crippen LogP contribution in [-0.4, -0.2) is 54.2 Å². The van der Waals surface area contributed by atoms with E-state index in [4.69, 9.17) is 5.11 Å². The van der Waals surface area contributed by atoms with Gasteiger partial charge in [0, 0.05) is 55.4 Å². The third-order valence-electron chi connectivity index (χ3n) is 5.97. The summed E-state index contributed by atoms with van der Waals surface area (Å²) in [5.74, 6) is 0.844. The van der Waals surface area contributed by atoms with Crippen molar-refractivity contribution in [3.8, 4) is 10.4 Å². The Kier molecular flexibility index (Phi) is 7.19. The van der Waals surface area contributed by atoms with E-state index in [0.29, 0.717) is 17.2 Å². The number of carbonyl (C=O) groups is 1. The zero-order valence-electron chi connectivity index (χ0n) is 19.0. The number of aromatic nitrogens is 3. The molecular formula is C22H28N6O4S2. The zero-order chi connectivity index (χ0) is 24.3. The van der Waals surface area contributed by atoms with Crippen molar-refractivity contribution in [3.05, 3.63) is 41.8 Å². The Bertz CT molecular complexity index is 1230. The van der Waals surface area contributed by atoms with Crippen LogP contribution in [0.25, 0.3) is 10.4 Å². The molecule has 0 unspecified atom stereocenters. The van der Waals surface area contributed by atoms with E-state index >= 15 is 0 Å². The Morgan fingerprint density at radius 2 is 2.03 bits per heavy atom. The van der Waals surface area contributed by atoms with E-state index in [1.807, 2.05) is 19.2 Å². The quantitative estimate of drug-likeness (QED) is 0.365. The third kappa shape index (κ3) is 5.24. The topological polar surface area (TPSA) is 140 Å². The van der Waals surface area contributed by atoms with Crippen LogP contribution < -0.4 is 14.9 Å². The second-order valence-corrected chi connectivity index (χ2v) is 11.0. The summed E-state index contributed by atoms with van der Waals surface area (Å²) in [4.78, 5) is 25.5. The summed E-state index contributed by atoms with van der Waals surface area (Å²) in [6.45, 7) is 2.03. The first-order valence-corrected chi connectivity index (χ1v) is 13.4. The highest BCUT2D eigenvalue weighted by Gasteiger charge is 2.27. The summed E-state index contributed by atoms with van der Waals surface area (Å²) in [6, 6.07) is 5.30. The third-order valence-corrected chi connectivity index (χ3v) is 8.75. The average molecular weight is 505 g/mol. The molecule has 0 aliphatic heterocycles. The van der Waals surface area contributed by atoms with Gasteiger partial charge >= 0.3 is 6.09 Å². The number of nitrogens with one attached hydrogen (secondary N) is 3. The Hall–Kier alpha value is -2.96. The smallest absolute Gasteiger partial charge is 0.404 e. The number of hydrogen-bond acceptors (Lipinski definition) is 7. The maximum absolute atomic E-state index is 13.1. The first kappa shape index (κ1) is 24.2. The standard InChI is InChI=1S/C22H28N6O4S2/c1-3-26-34(31,32)19-12-16(28(2)21-23-10-11-24-21)8-9-17(19)18-13-25-20(33-18)14-4-6-15(7-5-14)27-22(29)30/h8-15,26-27H,3-7H2,1-2H3,(H,23,24)(H,29,30). The maximum Gasteiger partial charge on any atom is 0.404 e. The van der Waals surface area contributed by atoms with Gasteiger partial charge in [-0.1, -0.05) is 13.0 Å². The van der Waals surface area contributed by atoms with Gasteiger partial charge in [-0.15, -0.1) is 11.3 Å². The molecule has 3 aromatic rings. The van der Waals surface area contributed by atoms with Gasteiger partial charge in [-0.05, 0) is 37.8 Å². The number of H-pyrrole nitrogens is 1. The van der Waals surface area contributed by atoms with Gasteiger partial charge in [0.2, 0.25) is 16.0 Å². The van der Waals surface area contributed by atoms with E-state index in [-0.39, 0.29) is 23.4 Å². The summed E-state index contributed by atoms with van der Waals surface area (Å²) >= 11 is 1.50. The van der Waals surface area contributed by atoms with Gasteiger partial charge in [-0.2, -0.15) is 0 Å². The van der Waals surface area contributed by atoms with Crippen LogP contribution in [0.1, 0.15) is 43.5 Å². The Labute approximate surface area is 202 Å². The van der Waals surface area contributed by atoms with E-state index in [1.54, 1.807) is 36.5 Å². The highest BCUT2D eigenvalue weighted by molar-refractivity contribution is 7.89. The number of anilines is 2. The first-order chi connectivity index (χ1) is 16.3. The van der Waals surface area contributed by atoms with Gasteiger partial charge in [-0.3, -0.25) is 0 Å². The number of imidazole rings is 1. The van der Waals surface area contributed by atoms with Crippen LogP contribution in [0, 0.1) is 0 Å². The summed E-state index contributed by atoms with van der Waals surface area (Å²) in [6.07, 6.45) is 7.30. The van der Waals surface area contributed by atoms with E-state index in [0.717, 1.165) is 35.6 Å². The lowest BCUT2D eigenvalue weighted by atomic mass is 9.86. The Morgan fingerprint density at radius 1 is 1.26 bits per heavy atom. The molecule has 1 fully saturated rings. The second-order valence-electron chi connectivity index (χ2n) is 8.21. The highest BCUT2D eigenvalue weighted by Crippen LogP contribution is 2.40. The molecule has 2 aromatic heterocycles. The van der Waals surface area contributed by atoms with Crippen molar-refractivity contribution in [2.45, 2.75) is 49.5 Å². The van der Waals surface area contributed by atoms with Crippen LogP contribution >= 0.6 is 11.3 Å². The highest BCUT2D eigenvalue weighted by atomic mass is 32.2. The molecule has 1 amide bonds. The maximum atomic E-state index is 13.1. The molecule has 1 aliphatic rings. The number of sulfonamides is 1. The van der Waals surface area contributed by atoms with E-state index in [1.165, 1.54) is 11.3 Å². The van der Waals surface area contributed by atoms with E-state index in [2.05, 4.69) is 25.0 Å². The normalized spacial score (nSPS) is 18.5. The van der Waals surface area contributed by atoms with Crippen molar-refractivity contribution in [3.63, 3.8) is 0 Å². The van der Waals surface area contributed by atoms with Crippen molar-refractivity contribution in [1.82, 2.24) is 25.0 Å². The molecule has 34 heavy (non-hydrogen) atoms. The van der Waals surface area contributed by atoms with Crippen LogP contribution in [-0.2, 0) is 10.0 Å². The van der Waals surface area contributed by atoms with Crippen LogP contribution in [0.15, 0.2) is 41.7 Å². The first-order valence-electron chi connectivity index (χ1n) is 11.1. The summed E-state index contributed by atoms with van der Waals surface area (Å²) < 4.78 is 28.8. The van der Waals surface area contributed by atoms with Gasteiger partial charge in [0.25, 0.3) is 0 Å². The molecule has 2 heterocycles. The van der Waals surface area contributed by atoms with Crippen molar-refractivity contribution in [1.29, 1.82) is 0 Å². The average Bonchev–Trinajstić information content (AvgIpc) is 3.51. The number of benzene rings is 1. The number of aromatic amines is 1. The zero-order valence-corrected chi connectivity index (χ0v) is 20.6. The van der Waals surface area contributed by atoms with Crippen LogP contribution in [0.2, 0.25) is 0 Å². The molecule has 0 spiro atoms. The largest absolute Gasteiger partial charge is 0.465 e. The number of nitrogens with zero attached hydrogens (tertiary/aromatic N) is 3. The minimum atomic E-state index is -3.74. The predicted molar refractivity (Wildman–Crippen MR) is 131 cm³/mol. The van der Waals surface area contributed by atoms with Gasteiger partial charge < -0.3 is 20.3 Å². The fourth-order valence-electron chi connectivity index (χ4n) is 4.24. The minimum absolute atomic E-state index is 0.0243. The predicted octanol–water partition coefficient (Wildman–Crippen LogP) is 3.89. The molecule has 1 aliphatic carbocycles. The van der Waals surface area contributed by atoms with E-state index in [9.17, 15) is 13.2 Å². The Balaban J connectivity index is 1.63. The van der Waals surface area contributed by atoms with Gasteiger partial charge in [0.1, 0.15) is 0 Å². The fraction of sp³-hybridized carbons (Fsp3) is 0.409. The number of rotatable bonds is 8. The Morgan fingerprint density at radius 3 is 2.68 bits per heavy atom. The van der Waals surface area contributed by atoms with Gasteiger partial charge in [-0.25, -0.2) is 27.9 Å². The van der Waals surface area contributed by atoms with E-state index < -0.39 is 16.1 Å². The molecule has 0 saturated heterocycles. The molecule has 10 nitrogen and oxygen atoms in total. The lowest BCUT2D eigenvalue weighted by Gasteiger charge is -2.27. The van der Waals surface area contributed by atoms with Crippen LogP contribution in [0.5, 0.6) is 0 Å². The van der Waals surface area contributed by atoms with Crippen molar-refractivity contribution in [2.75, 3.05) is 18.5 Å². The van der Waals surface area contributed by atoms with Crippen LogP contribution in [0.3, 0.4) is 0 Å². The summed E-state index contributed by atoms with van der Waals surface area (Å²) in [5, 5.41) is 12.4. The number of hydrogen-bond donors (Lipinski definition) is 4. The van der Waals surface area contributed by atoms with Gasteiger partial charge in [0.15, 0.2) is 0 Å². The van der Waals surface area contributed by atoms with Crippen molar-refractivity contribution in [2.24, 2.45) is 0 Å². The SMILES string of the molecule is CCNS(=O)(=O)c1cc(N(C)c2ncc[nH]2)ccc1-c1cnc(C2CCC(NC(=O)O)CC2)s1. The molecule has 4 N–H and O–H groups in total. The number of thiazole rings is 1. The van der Waals surface area contributed by atoms with Gasteiger partial charge in [0.05, 0.1) is 14.8 Å². The molecule has 0 bridgehead atoms. The molecule has 12 heteroatoms. The molecule has 182 valence electrons. The van der Waals surface area contributed by atoms with Crippen molar-refractivity contribution < 1.29 is 18.3 Å². The molecule has 0 radical (unpaired) electrons. The molecule has 0 atom stereocenters. The lowest BCUT2D eigenvalue weighted by molar-refractivity contribution is 0.185. The fourth-order valence-corrected chi connectivity index (χ4v) is 6.71. The summed E-state index contributed by atoms with van der Waals surface area (Å²) in [7, 11) is -1.92. The molecule has 1 aromatic carbocycles. The second kappa shape index (κ2) is 10.1. The molecular weight excluding hydrogens is 476 g/mol. The molecule has 1 saturated carbocycles. The van der Waals surface area contributed by atoms with Crippen molar-refractivity contribution >= 4 is 39.1 Å². The minimum Gasteiger partial charge on any atom is -0.465 e. The monoisotopic (exact) mass is 504 g/mol. The number of amides is 1. The lowest BCUT2D eigenvalue weighted by Crippen LogP contribution is -2.36.